The molecule has 0 bridgehead atoms. The van der Waals surface area contributed by atoms with E-state index in [1.807, 2.05) is 36.4 Å². The molecule has 1 saturated heterocycles. The van der Waals surface area contributed by atoms with E-state index in [1.54, 1.807) is 12.4 Å². The Morgan fingerprint density at radius 2 is 1.88 bits per heavy atom. The minimum absolute atomic E-state index is 0.0162. The number of benzene rings is 2. The standard InChI is InChI=1S/C19H14FN3O/c20-14-7-3-1-5-12(14)15-9-10-23(15)19-18-17(21-11-22-19)13-6-2-4-8-16(13)24-18/h1-8,11,15H,9-10H2. The van der Waals surface area contributed by atoms with Gasteiger partial charge in [0.2, 0.25) is 0 Å². The molecule has 0 saturated carbocycles. The lowest BCUT2D eigenvalue weighted by molar-refractivity contribution is 0.439. The summed E-state index contributed by atoms with van der Waals surface area (Å²) < 4.78 is 20.1. The van der Waals surface area contributed by atoms with Crippen molar-refractivity contribution < 1.29 is 8.81 Å². The number of anilines is 1. The van der Waals surface area contributed by atoms with Gasteiger partial charge in [-0.2, -0.15) is 0 Å². The van der Waals surface area contributed by atoms with Crippen LogP contribution in [0.3, 0.4) is 0 Å². The number of fused-ring (bicyclic) bond motifs is 3. The predicted molar refractivity (Wildman–Crippen MR) is 90.4 cm³/mol. The Balaban J connectivity index is 1.66. The quantitative estimate of drug-likeness (QED) is 0.547. The van der Waals surface area contributed by atoms with Crippen LogP contribution in [0.15, 0.2) is 59.3 Å². The molecule has 118 valence electrons. The number of halogens is 1. The third kappa shape index (κ3) is 1.84. The summed E-state index contributed by atoms with van der Waals surface area (Å²) in [5.41, 5.74) is 2.96. The van der Waals surface area contributed by atoms with Gasteiger partial charge in [0.1, 0.15) is 23.2 Å². The van der Waals surface area contributed by atoms with Gasteiger partial charge < -0.3 is 9.32 Å². The molecule has 0 N–H and O–H groups in total. The SMILES string of the molecule is Fc1ccccc1C1CCN1c1ncnc2c1oc1ccccc12. The van der Waals surface area contributed by atoms with E-state index in [2.05, 4.69) is 14.9 Å². The summed E-state index contributed by atoms with van der Waals surface area (Å²) in [7, 11) is 0. The summed E-state index contributed by atoms with van der Waals surface area (Å²) in [4.78, 5) is 10.9. The van der Waals surface area contributed by atoms with E-state index in [0.717, 1.165) is 35.3 Å². The minimum Gasteiger partial charge on any atom is -0.450 e. The molecular formula is C19H14FN3O. The van der Waals surface area contributed by atoms with Crippen molar-refractivity contribution in [3.8, 4) is 0 Å². The number of rotatable bonds is 2. The Morgan fingerprint density at radius 3 is 2.71 bits per heavy atom. The lowest BCUT2D eigenvalue weighted by Gasteiger charge is -2.42. The molecule has 1 aliphatic rings. The van der Waals surface area contributed by atoms with Crippen LogP contribution in [-0.2, 0) is 0 Å². The number of nitrogens with zero attached hydrogens (tertiary/aromatic N) is 3. The van der Waals surface area contributed by atoms with Crippen molar-refractivity contribution in [1.82, 2.24) is 9.97 Å². The van der Waals surface area contributed by atoms with Gasteiger partial charge in [-0.1, -0.05) is 30.3 Å². The van der Waals surface area contributed by atoms with Crippen molar-refractivity contribution in [2.24, 2.45) is 0 Å². The van der Waals surface area contributed by atoms with E-state index in [9.17, 15) is 4.39 Å². The second kappa shape index (κ2) is 5.03. The lowest BCUT2D eigenvalue weighted by atomic mass is 9.94. The minimum atomic E-state index is -0.179. The first-order valence-electron chi connectivity index (χ1n) is 7.96. The molecule has 0 spiro atoms. The molecule has 5 rings (SSSR count). The van der Waals surface area contributed by atoms with Gasteiger partial charge >= 0.3 is 0 Å². The molecule has 2 aromatic heterocycles. The Morgan fingerprint density at radius 1 is 1.04 bits per heavy atom. The normalized spacial score (nSPS) is 17.4. The highest BCUT2D eigenvalue weighted by molar-refractivity contribution is 6.05. The highest BCUT2D eigenvalue weighted by Gasteiger charge is 2.34. The first-order chi connectivity index (χ1) is 11.8. The molecule has 1 fully saturated rings. The molecule has 1 unspecified atom stereocenters. The molecule has 0 amide bonds. The predicted octanol–water partition coefficient (Wildman–Crippen LogP) is 4.47. The number of hydrogen-bond donors (Lipinski definition) is 0. The lowest BCUT2D eigenvalue weighted by Crippen LogP contribution is -2.42. The maximum absolute atomic E-state index is 14.1. The first kappa shape index (κ1) is 13.5. The molecule has 0 aliphatic carbocycles. The number of aromatic nitrogens is 2. The van der Waals surface area contributed by atoms with Crippen LogP contribution in [0.5, 0.6) is 0 Å². The van der Waals surface area contributed by atoms with Gasteiger partial charge in [-0.3, -0.25) is 0 Å². The second-order valence-corrected chi connectivity index (χ2v) is 5.99. The van der Waals surface area contributed by atoms with Crippen LogP contribution >= 0.6 is 0 Å². The van der Waals surface area contributed by atoms with Gasteiger partial charge in [-0.15, -0.1) is 0 Å². The summed E-state index contributed by atoms with van der Waals surface area (Å²) in [5, 5.41) is 0.971. The fraction of sp³-hybridized carbons (Fsp3) is 0.158. The Labute approximate surface area is 137 Å². The fourth-order valence-electron chi connectivity index (χ4n) is 3.43. The van der Waals surface area contributed by atoms with Crippen molar-refractivity contribution in [2.45, 2.75) is 12.5 Å². The average Bonchev–Trinajstić information content (AvgIpc) is 2.96. The highest BCUT2D eigenvalue weighted by atomic mass is 19.1. The van der Waals surface area contributed by atoms with Gasteiger partial charge in [0.15, 0.2) is 11.4 Å². The summed E-state index contributed by atoms with van der Waals surface area (Å²) in [5.74, 6) is 0.554. The van der Waals surface area contributed by atoms with Crippen molar-refractivity contribution in [2.75, 3.05) is 11.4 Å². The zero-order valence-corrected chi connectivity index (χ0v) is 12.8. The molecule has 4 nitrogen and oxygen atoms in total. The molecule has 3 heterocycles. The van der Waals surface area contributed by atoms with E-state index in [-0.39, 0.29) is 11.9 Å². The van der Waals surface area contributed by atoms with E-state index in [1.165, 1.54) is 6.07 Å². The topological polar surface area (TPSA) is 42.2 Å². The van der Waals surface area contributed by atoms with Crippen molar-refractivity contribution in [3.63, 3.8) is 0 Å². The zero-order chi connectivity index (χ0) is 16.1. The largest absolute Gasteiger partial charge is 0.450 e. The van der Waals surface area contributed by atoms with Crippen LogP contribution in [0.1, 0.15) is 18.0 Å². The number of furan rings is 1. The number of hydrogen-bond acceptors (Lipinski definition) is 4. The molecule has 4 aromatic rings. The number of para-hydroxylation sites is 1. The van der Waals surface area contributed by atoms with E-state index in [4.69, 9.17) is 4.42 Å². The third-order valence-electron chi connectivity index (χ3n) is 4.70. The molecule has 1 aliphatic heterocycles. The summed E-state index contributed by atoms with van der Waals surface area (Å²) in [6.45, 7) is 0.822. The van der Waals surface area contributed by atoms with Crippen LogP contribution in [0.4, 0.5) is 10.2 Å². The molecule has 5 heteroatoms. The van der Waals surface area contributed by atoms with Gasteiger partial charge in [0, 0.05) is 17.5 Å². The van der Waals surface area contributed by atoms with E-state index < -0.39 is 0 Å². The molecule has 0 radical (unpaired) electrons. The van der Waals surface area contributed by atoms with Gasteiger partial charge in [-0.25, -0.2) is 14.4 Å². The summed E-state index contributed by atoms with van der Waals surface area (Å²) >= 11 is 0. The van der Waals surface area contributed by atoms with E-state index in [0.29, 0.717) is 11.1 Å². The van der Waals surface area contributed by atoms with Crippen LogP contribution in [0.2, 0.25) is 0 Å². The zero-order valence-electron chi connectivity index (χ0n) is 12.8. The van der Waals surface area contributed by atoms with Crippen LogP contribution in [0, 0.1) is 5.82 Å². The second-order valence-electron chi connectivity index (χ2n) is 5.99. The Hall–Kier alpha value is -2.95. The molecule has 24 heavy (non-hydrogen) atoms. The summed E-state index contributed by atoms with van der Waals surface area (Å²) in [6, 6.07) is 14.7. The van der Waals surface area contributed by atoms with Crippen molar-refractivity contribution in [1.29, 1.82) is 0 Å². The first-order valence-corrected chi connectivity index (χ1v) is 7.96. The maximum atomic E-state index is 14.1. The van der Waals surface area contributed by atoms with Gasteiger partial charge in [-0.05, 0) is 24.6 Å². The van der Waals surface area contributed by atoms with Crippen molar-refractivity contribution >= 4 is 27.9 Å². The Bertz CT molecular complexity index is 1060. The van der Waals surface area contributed by atoms with Crippen LogP contribution in [0.25, 0.3) is 22.1 Å². The summed E-state index contributed by atoms with van der Waals surface area (Å²) in [6.07, 6.45) is 2.45. The van der Waals surface area contributed by atoms with Crippen LogP contribution in [-0.4, -0.2) is 16.5 Å². The monoisotopic (exact) mass is 319 g/mol. The van der Waals surface area contributed by atoms with Gasteiger partial charge in [0.05, 0.1) is 6.04 Å². The Kier molecular flexibility index (Phi) is 2.82. The highest BCUT2D eigenvalue weighted by Crippen LogP contribution is 2.41. The van der Waals surface area contributed by atoms with Crippen LogP contribution < -0.4 is 4.90 Å². The molecule has 2 aromatic carbocycles. The van der Waals surface area contributed by atoms with E-state index >= 15 is 0 Å². The third-order valence-corrected chi connectivity index (χ3v) is 4.70. The molecule has 1 atom stereocenters. The fourth-order valence-corrected chi connectivity index (χ4v) is 3.43. The van der Waals surface area contributed by atoms with Gasteiger partial charge in [0.25, 0.3) is 0 Å². The smallest absolute Gasteiger partial charge is 0.196 e. The van der Waals surface area contributed by atoms with Crippen molar-refractivity contribution in [3.05, 3.63) is 66.2 Å². The maximum Gasteiger partial charge on any atom is 0.196 e. The average molecular weight is 319 g/mol. The molecular weight excluding hydrogens is 305 g/mol.